The Labute approximate surface area is 156 Å². The molecule has 1 aliphatic heterocycles. The minimum absolute atomic E-state index is 0.166. The number of ether oxygens (including phenoxy) is 1. The number of hydrogen-bond donors (Lipinski definition) is 1. The molecule has 1 atom stereocenters. The van der Waals surface area contributed by atoms with Crippen molar-refractivity contribution in [2.45, 2.75) is 45.1 Å². The first kappa shape index (κ1) is 19.8. The Kier molecular flexibility index (Phi) is 5.57. The first-order chi connectivity index (χ1) is 12.6. The van der Waals surface area contributed by atoms with Crippen LogP contribution in [0.4, 0.5) is 27.1 Å². The molecule has 0 aliphatic carbocycles. The SMILES string of the molecule is C[C@@H]1CCCN1Cc1sc(N)nc1-c1ccc(OC(F)F)c(C(F)(F)F)c1. The third kappa shape index (κ3) is 4.49. The molecule has 0 saturated carbocycles. The van der Waals surface area contributed by atoms with Crippen LogP contribution < -0.4 is 10.5 Å². The molecule has 2 aromatic rings. The van der Waals surface area contributed by atoms with Crippen LogP contribution in [0.25, 0.3) is 11.3 Å². The summed E-state index contributed by atoms with van der Waals surface area (Å²) < 4.78 is 68.8. The van der Waals surface area contributed by atoms with Crippen molar-refractivity contribution in [2.24, 2.45) is 0 Å². The van der Waals surface area contributed by atoms with Gasteiger partial charge in [0.2, 0.25) is 0 Å². The second-order valence-electron chi connectivity index (χ2n) is 6.37. The fraction of sp³-hybridized carbons (Fsp3) is 0.471. The van der Waals surface area contributed by atoms with Crippen LogP contribution in [0.3, 0.4) is 0 Å². The number of thiazole rings is 1. The lowest BCUT2D eigenvalue weighted by atomic mass is 10.1. The average molecular weight is 407 g/mol. The second kappa shape index (κ2) is 7.59. The third-order valence-corrected chi connectivity index (χ3v) is 5.39. The molecule has 0 amide bonds. The predicted molar refractivity (Wildman–Crippen MR) is 92.7 cm³/mol. The van der Waals surface area contributed by atoms with Gasteiger partial charge in [-0.1, -0.05) is 0 Å². The number of anilines is 1. The molecule has 1 saturated heterocycles. The van der Waals surface area contributed by atoms with Gasteiger partial charge in [0.25, 0.3) is 0 Å². The van der Waals surface area contributed by atoms with Crippen LogP contribution in [0.1, 0.15) is 30.2 Å². The lowest BCUT2D eigenvalue weighted by Gasteiger charge is -2.20. The van der Waals surface area contributed by atoms with Gasteiger partial charge in [0, 0.05) is 23.0 Å². The Bertz CT molecular complexity index is 808. The molecule has 0 radical (unpaired) electrons. The van der Waals surface area contributed by atoms with E-state index in [0.29, 0.717) is 18.3 Å². The summed E-state index contributed by atoms with van der Waals surface area (Å²) in [5.41, 5.74) is 5.02. The normalized spacial score (nSPS) is 18.4. The molecule has 1 aromatic carbocycles. The smallest absolute Gasteiger partial charge is 0.419 e. The van der Waals surface area contributed by atoms with E-state index in [-0.39, 0.29) is 10.7 Å². The van der Waals surface area contributed by atoms with Gasteiger partial charge in [0.05, 0.1) is 11.3 Å². The van der Waals surface area contributed by atoms with E-state index in [0.717, 1.165) is 36.4 Å². The number of likely N-dealkylation sites (tertiary alicyclic amines) is 1. The maximum absolute atomic E-state index is 13.3. The summed E-state index contributed by atoms with van der Waals surface area (Å²) in [5, 5.41) is 0.244. The van der Waals surface area contributed by atoms with Gasteiger partial charge < -0.3 is 10.5 Å². The molecule has 148 valence electrons. The number of nitrogen functional groups attached to an aromatic ring is 1. The summed E-state index contributed by atoms with van der Waals surface area (Å²) in [6.45, 7) is 0.170. The van der Waals surface area contributed by atoms with Gasteiger partial charge in [-0.05, 0) is 44.5 Å². The van der Waals surface area contributed by atoms with Gasteiger partial charge in [-0.15, -0.1) is 11.3 Å². The highest BCUT2D eigenvalue weighted by molar-refractivity contribution is 7.15. The van der Waals surface area contributed by atoms with Crippen LogP contribution >= 0.6 is 11.3 Å². The van der Waals surface area contributed by atoms with Gasteiger partial charge in [-0.3, -0.25) is 4.90 Å². The molecule has 0 spiro atoms. The van der Waals surface area contributed by atoms with Crippen LogP contribution in [-0.4, -0.2) is 29.1 Å². The number of aromatic nitrogens is 1. The summed E-state index contributed by atoms with van der Waals surface area (Å²) >= 11 is 1.22. The maximum Gasteiger partial charge on any atom is 0.419 e. The van der Waals surface area contributed by atoms with Crippen LogP contribution in [0.15, 0.2) is 18.2 Å². The van der Waals surface area contributed by atoms with Crippen molar-refractivity contribution in [3.8, 4) is 17.0 Å². The topological polar surface area (TPSA) is 51.4 Å². The van der Waals surface area contributed by atoms with Crippen LogP contribution in [0.2, 0.25) is 0 Å². The van der Waals surface area contributed by atoms with E-state index in [2.05, 4.69) is 21.5 Å². The molecule has 0 bridgehead atoms. The van der Waals surface area contributed by atoms with E-state index in [1.807, 2.05) is 0 Å². The number of hydrogen-bond acceptors (Lipinski definition) is 5. The van der Waals surface area contributed by atoms with Gasteiger partial charge >= 0.3 is 12.8 Å². The average Bonchev–Trinajstić information content (AvgIpc) is 3.12. The highest BCUT2D eigenvalue weighted by Gasteiger charge is 2.36. The molecule has 27 heavy (non-hydrogen) atoms. The summed E-state index contributed by atoms with van der Waals surface area (Å²) in [4.78, 5) is 7.14. The van der Waals surface area contributed by atoms with E-state index >= 15 is 0 Å². The minimum atomic E-state index is -4.84. The van der Waals surface area contributed by atoms with Gasteiger partial charge in [0.15, 0.2) is 5.13 Å². The Morgan fingerprint density at radius 3 is 2.70 bits per heavy atom. The van der Waals surface area contributed by atoms with Crippen molar-refractivity contribution in [2.75, 3.05) is 12.3 Å². The maximum atomic E-state index is 13.3. The quantitative estimate of drug-likeness (QED) is 0.709. The lowest BCUT2D eigenvalue weighted by Crippen LogP contribution is -2.25. The molecule has 10 heteroatoms. The van der Waals surface area contributed by atoms with Crippen molar-refractivity contribution in [3.05, 3.63) is 28.6 Å². The van der Waals surface area contributed by atoms with E-state index in [1.54, 1.807) is 0 Å². The lowest BCUT2D eigenvalue weighted by molar-refractivity contribution is -0.141. The highest BCUT2D eigenvalue weighted by atomic mass is 32.1. The number of nitrogens with zero attached hydrogens (tertiary/aromatic N) is 2. The second-order valence-corrected chi connectivity index (χ2v) is 7.49. The molecular formula is C17H18F5N3OS. The van der Waals surface area contributed by atoms with Crippen molar-refractivity contribution in [3.63, 3.8) is 0 Å². The van der Waals surface area contributed by atoms with Crippen molar-refractivity contribution < 1.29 is 26.7 Å². The van der Waals surface area contributed by atoms with Crippen molar-refractivity contribution in [1.82, 2.24) is 9.88 Å². The zero-order valence-electron chi connectivity index (χ0n) is 14.4. The van der Waals surface area contributed by atoms with Crippen LogP contribution in [-0.2, 0) is 12.7 Å². The Morgan fingerprint density at radius 2 is 2.11 bits per heavy atom. The Morgan fingerprint density at radius 1 is 1.37 bits per heavy atom. The minimum Gasteiger partial charge on any atom is -0.434 e. The molecule has 1 aliphatic rings. The van der Waals surface area contributed by atoms with E-state index < -0.39 is 24.1 Å². The van der Waals surface area contributed by atoms with Crippen LogP contribution in [0.5, 0.6) is 5.75 Å². The van der Waals surface area contributed by atoms with E-state index in [9.17, 15) is 22.0 Å². The van der Waals surface area contributed by atoms with E-state index in [4.69, 9.17) is 5.73 Å². The largest absolute Gasteiger partial charge is 0.434 e. The zero-order valence-corrected chi connectivity index (χ0v) is 15.2. The first-order valence-electron chi connectivity index (χ1n) is 8.31. The summed E-state index contributed by atoms with van der Waals surface area (Å²) in [5.74, 6) is -0.917. The van der Waals surface area contributed by atoms with Gasteiger partial charge in [-0.2, -0.15) is 22.0 Å². The van der Waals surface area contributed by atoms with Crippen molar-refractivity contribution in [1.29, 1.82) is 0 Å². The summed E-state index contributed by atoms with van der Waals surface area (Å²) in [6.07, 6.45) is -2.73. The fourth-order valence-electron chi connectivity index (χ4n) is 3.21. The highest BCUT2D eigenvalue weighted by Crippen LogP contribution is 2.41. The molecule has 3 rings (SSSR count). The molecule has 2 heterocycles. The molecule has 4 nitrogen and oxygen atoms in total. The van der Waals surface area contributed by atoms with Crippen LogP contribution in [0, 0.1) is 0 Å². The Balaban J connectivity index is 1.99. The number of alkyl halides is 5. The van der Waals surface area contributed by atoms with E-state index in [1.165, 1.54) is 17.4 Å². The standard InChI is InChI=1S/C17H18F5N3OS/c1-9-3-2-6-25(9)8-13-14(24-16(23)27-13)10-4-5-12(26-15(18)19)11(7-10)17(20,21)22/h4-5,7,9,15H,2-3,6,8H2,1H3,(H2,23,24)/t9-/m1/s1. The third-order valence-electron chi connectivity index (χ3n) is 4.53. The summed E-state index contributed by atoms with van der Waals surface area (Å²) in [7, 11) is 0. The van der Waals surface area contributed by atoms with Crippen molar-refractivity contribution >= 4 is 16.5 Å². The molecule has 1 aromatic heterocycles. The number of benzene rings is 1. The Hall–Kier alpha value is -1.94. The monoisotopic (exact) mass is 407 g/mol. The number of halogens is 5. The molecule has 0 unspecified atom stereocenters. The van der Waals surface area contributed by atoms with Gasteiger partial charge in [-0.25, -0.2) is 4.98 Å². The first-order valence-corrected chi connectivity index (χ1v) is 9.12. The van der Waals surface area contributed by atoms with Gasteiger partial charge in [0.1, 0.15) is 5.75 Å². The molecular weight excluding hydrogens is 389 g/mol. The predicted octanol–water partition coefficient (Wildman–Crippen LogP) is 5.00. The zero-order chi connectivity index (χ0) is 19.8. The number of rotatable bonds is 5. The molecule has 2 N–H and O–H groups in total. The molecule has 1 fully saturated rings. The number of nitrogens with two attached hydrogens (primary N) is 1. The fourth-order valence-corrected chi connectivity index (χ4v) is 4.09. The summed E-state index contributed by atoms with van der Waals surface area (Å²) in [6, 6.07) is 3.33.